The van der Waals surface area contributed by atoms with Crippen LogP contribution in [0.25, 0.3) is 10.2 Å². The lowest BCUT2D eigenvalue weighted by Crippen LogP contribution is -2.36. The van der Waals surface area contributed by atoms with E-state index in [1.807, 2.05) is 24.3 Å². The zero-order valence-corrected chi connectivity index (χ0v) is 17.0. The maximum atomic E-state index is 12.4. The van der Waals surface area contributed by atoms with Crippen molar-refractivity contribution in [3.63, 3.8) is 0 Å². The topological polar surface area (TPSA) is 88.5 Å². The van der Waals surface area contributed by atoms with Gasteiger partial charge in [0.15, 0.2) is 0 Å². The number of para-hydroxylation sites is 1. The van der Waals surface area contributed by atoms with E-state index in [4.69, 9.17) is 4.74 Å². The zero-order valence-electron chi connectivity index (χ0n) is 13.8. The summed E-state index contributed by atoms with van der Waals surface area (Å²) in [6, 6.07) is 13.9. The van der Waals surface area contributed by atoms with E-state index in [9.17, 15) is 13.5 Å². The molecule has 0 radical (unpaired) electrons. The molecular formula is C17H17BrN2O4S2. The van der Waals surface area contributed by atoms with Crippen LogP contribution in [0.5, 0.6) is 0 Å². The lowest BCUT2D eigenvalue weighted by Gasteiger charge is -2.20. The van der Waals surface area contributed by atoms with Gasteiger partial charge in [-0.15, -0.1) is 11.3 Å². The Hall–Kier alpha value is -1.36. The van der Waals surface area contributed by atoms with E-state index >= 15 is 0 Å². The van der Waals surface area contributed by atoms with Gasteiger partial charge in [0.1, 0.15) is 17.2 Å². The number of aromatic nitrogens is 1. The van der Waals surface area contributed by atoms with Gasteiger partial charge in [-0.05, 0) is 36.4 Å². The summed E-state index contributed by atoms with van der Waals surface area (Å²) in [5, 5.41) is 11.1. The predicted molar refractivity (Wildman–Crippen MR) is 105 cm³/mol. The molecule has 3 rings (SSSR count). The second-order valence-corrected chi connectivity index (χ2v) is 9.29. The molecule has 0 aliphatic carbocycles. The summed E-state index contributed by atoms with van der Waals surface area (Å²) in [5.74, 6) is 0. The molecule has 138 valence electrons. The number of fused-ring (bicyclic) bond motifs is 1. The Morgan fingerprint density at radius 3 is 2.58 bits per heavy atom. The summed E-state index contributed by atoms with van der Waals surface area (Å²) in [6.07, 6.45) is -1.80. The smallest absolute Gasteiger partial charge is 0.240 e. The third kappa shape index (κ3) is 4.30. The molecule has 9 heteroatoms. The van der Waals surface area contributed by atoms with Crippen molar-refractivity contribution in [2.24, 2.45) is 0 Å². The Morgan fingerprint density at radius 2 is 1.92 bits per heavy atom. The molecule has 0 aliphatic rings. The number of thiazole rings is 1. The maximum absolute atomic E-state index is 12.4. The number of methoxy groups -OCH3 is 1. The van der Waals surface area contributed by atoms with Crippen molar-refractivity contribution in [3.8, 4) is 0 Å². The molecule has 2 N–H and O–H groups in total. The van der Waals surface area contributed by atoms with Crippen LogP contribution >= 0.6 is 27.3 Å². The summed E-state index contributed by atoms with van der Waals surface area (Å²) in [6.45, 7) is -0.0774. The molecule has 0 amide bonds. The van der Waals surface area contributed by atoms with E-state index in [0.29, 0.717) is 5.01 Å². The molecule has 0 unspecified atom stereocenters. The first kappa shape index (κ1) is 19.4. The first-order valence-electron chi connectivity index (χ1n) is 7.72. The summed E-state index contributed by atoms with van der Waals surface area (Å²) in [7, 11) is -2.28. The number of benzene rings is 2. The van der Waals surface area contributed by atoms with Crippen molar-refractivity contribution in [3.05, 3.63) is 58.0 Å². The highest BCUT2D eigenvalue weighted by Crippen LogP contribution is 2.28. The lowest BCUT2D eigenvalue weighted by atomic mass is 10.2. The number of hydrogen-bond acceptors (Lipinski definition) is 6. The number of nitrogens with zero attached hydrogens (tertiary/aromatic N) is 1. The van der Waals surface area contributed by atoms with Gasteiger partial charge in [-0.25, -0.2) is 18.1 Å². The first-order chi connectivity index (χ1) is 12.4. The average Bonchev–Trinajstić information content (AvgIpc) is 3.06. The second kappa shape index (κ2) is 8.12. The fraction of sp³-hybridized carbons (Fsp3) is 0.235. The van der Waals surface area contributed by atoms with Gasteiger partial charge >= 0.3 is 0 Å². The van der Waals surface area contributed by atoms with Crippen molar-refractivity contribution in [2.45, 2.75) is 17.1 Å². The van der Waals surface area contributed by atoms with Crippen LogP contribution in [0.2, 0.25) is 0 Å². The Labute approximate surface area is 164 Å². The molecule has 0 fully saturated rings. The quantitative estimate of drug-likeness (QED) is 0.570. The highest BCUT2D eigenvalue weighted by atomic mass is 79.9. The molecule has 0 saturated carbocycles. The Balaban J connectivity index is 1.73. The van der Waals surface area contributed by atoms with Crippen LogP contribution < -0.4 is 4.72 Å². The number of ether oxygens (including phenoxy) is 1. The molecule has 0 saturated heterocycles. The standard InChI is InChI=1S/C17H17BrN2O4S2/c1-24-14(10-19-26(22,23)12-8-6-11(18)7-9-12)16(21)17-20-13-4-2-3-5-15(13)25-17/h2-9,14,16,19,21H,10H2,1H3/t14-,16-/m0/s1. The van der Waals surface area contributed by atoms with Crippen molar-refractivity contribution < 1.29 is 18.3 Å². The fourth-order valence-electron chi connectivity index (χ4n) is 2.39. The van der Waals surface area contributed by atoms with Gasteiger partial charge in [0.05, 0.1) is 15.1 Å². The fourth-order valence-corrected chi connectivity index (χ4v) is 4.70. The molecule has 3 aromatic rings. The highest BCUT2D eigenvalue weighted by molar-refractivity contribution is 9.10. The Kier molecular flexibility index (Phi) is 6.06. The van der Waals surface area contributed by atoms with Crippen molar-refractivity contribution >= 4 is 47.5 Å². The van der Waals surface area contributed by atoms with Crippen LogP contribution in [0.1, 0.15) is 11.1 Å². The van der Waals surface area contributed by atoms with Gasteiger partial charge in [0.2, 0.25) is 10.0 Å². The molecule has 1 aromatic heterocycles. The number of halogens is 1. The largest absolute Gasteiger partial charge is 0.383 e. The third-order valence-corrected chi connectivity index (χ3v) is 6.89. The van der Waals surface area contributed by atoms with Crippen molar-refractivity contribution in [2.75, 3.05) is 13.7 Å². The van der Waals surface area contributed by atoms with Gasteiger partial charge in [-0.1, -0.05) is 28.1 Å². The summed E-state index contributed by atoms with van der Waals surface area (Å²) in [4.78, 5) is 4.54. The number of rotatable bonds is 7. The third-order valence-electron chi connectivity index (χ3n) is 3.82. The Morgan fingerprint density at radius 1 is 1.23 bits per heavy atom. The summed E-state index contributed by atoms with van der Waals surface area (Å²) in [5.41, 5.74) is 0.789. The number of aliphatic hydroxyl groups is 1. The summed E-state index contributed by atoms with van der Waals surface area (Å²) < 4.78 is 34.3. The van der Waals surface area contributed by atoms with Gasteiger partial charge < -0.3 is 9.84 Å². The van der Waals surface area contributed by atoms with E-state index in [0.717, 1.165) is 14.7 Å². The number of aliphatic hydroxyl groups excluding tert-OH is 1. The number of nitrogens with one attached hydrogen (secondary N) is 1. The van der Waals surface area contributed by atoms with Crippen LogP contribution in [-0.2, 0) is 14.8 Å². The van der Waals surface area contributed by atoms with Crippen molar-refractivity contribution in [1.82, 2.24) is 9.71 Å². The van der Waals surface area contributed by atoms with Gasteiger partial charge in [0, 0.05) is 18.1 Å². The molecule has 26 heavy (non-hydrogen) atoms. The van der Waals surface area contributed by atoms with Crippen LogP contribution in [0.15, 0.2) is 57.9 Å². The maximum Gasteiger partial charge on any atom is 0.240 e. The minimum Gasteiger partial charge on any atom is -0.383 e. The SMILES string of the molecule is CO[C@@H](CNS(=O)(=O)c1ccc(Br)cc1)[C@H](O)c1nc2ccccc2s1. The zero-order chi connectivity index (χ0) is 18.7. The van der Waals surface area contributed by atoms with E-state index in [-0.39, 0.29) is 11.4 Å². The van der Waals surface area contributed by atoms with E-state index in [1.54, 1.807) is 12.1 Å². The van der Waals surface area contributed by atoms with Gasteiger partial charge in [-0.2, -0.15) is 0 Å². The molecule has 0 bridgehead atoms. The van der Waals surface area contributed by atoms with Crippen LogP contribution in [-0.4, -0.2) is 38.3 Å². The molecule has 1 heterocycles. The molecule has 6 nitrogen and oxygen atoms in total. The molecular weight excluding hydrogens is 440 g/mol. The van der Waals surface area contributed by atoms with Crippen molar-refractivity contribution in [1.29, 1.82) is 0 Å². The van der Waals surface area contributed by atoms with Gasteiger partial charge in [0.25, 0.3) is 0 Å². The predicted octanol–water partition coefficient (Wildman–Crippen LogP) is 3.09. The van der Waals surface area contributed by atoms with Crippen LogP contribution in [0.4, 0.5) is 0 Å². The van der Waals surface area contributed by atoms with E-state index < -0.39 is 22.2 Å². The number of sulfonamides is 1. The molecule has 2 atom stereocenters. The van der Waals surface area contributed by atoms with Crippen LogP contribution in [0, 0.1) is 0 Å². The Bertz CT molecular complexity index is 956. The molecule has 0 spiro atoms. The van der Waals surface area contributed by atoms with E-state index in [2.05, 4.69) is 25.6 Å². The van der Waals surface area contributed by atoms with Crippen LogP contribution in [0.3, 0.4) is 0 Å². The molecule has 0 aliphatic heterocycles. The second-order valence-electron chi connectivity index (χ2n) is 5.54. The monoisotopic (exact) mass is 456 g/mol. The molecule has 2 aromatic carbocycles. The number of hydrogen-bond donors (Lipinski definition) is 2. The minimum absolute atomic E-state index is 0.0774. The first-order valence-corrected chi connectivity index (χ1v) is 10.8. The normalized spacial score (nSPS) is 14.4. The van der Waals surface area contributed by atoms with Gasteiger partial charge in [-0.3, -0.25) is 0 Å². The minimum atomic E-state index is -3.70. The van der Waals surface area contributed by atoms with E-state index in [1.165, 1.54) is 30.6 Å². The lowest BCUT2D eigenvalue weighted by molar-refractivity contribution is -0.00918. The highest BCUT2D eigenvalue weighted by Gasteiger charge is 2.26. The average molecular weight is 457 g/mol. The summed E-state index contributed by atoms with van der Waals surface area (Å²) >= 11 is 4.63.